The van der Waals surface area contributed by atoms with Crippen molar-refractivity contribution in [2.24, 2.45) is 52.3 Å². The Labute approximate surface area is 348 Å². The minimum Gasteiger partial charge on any atom is -0.463 e. The van der Waals surface area contributed by atoms with Crippen molar-refractivity contribution in [3.63, 3.8) is 0 Å². The molecule has 11 nitrogen and oxygen atoms in total. The summed E-state index contributed by atoms with van der Waals surface area (Å²) in [6.45, 7) is 15.1. The molecule has 1 N–H and O–H groups in total. The molecule has 14 heteroatoms. The summed E-state index contributed by atoms with van der Waals surface area (Å²) in [6, 6.07) is -1.21. The number of amides is 1. The van der Waals surface area contributed by atoms with Gasteiger partial charge < -0.3 is 33.7 Å². The summed E-state index contributed by atoms with van der Waals surface area (Å²) < 4.78 is 33.0. The maximum absolute atomic E-state index is 13.1. The van der Waals surface area contributed by atoms with Gasteiger partial charge in [-0.1, -0.05) is 88.7 Å². The van der Waals surface area contributed by atoms with Crippen molar-refractivity contribution in [3.8, 4) is 0 Å². The molecule has 1 heterocycles. The number of carbonyl (C=O) groups is 4. The minimum atomic E-state index is -1.88. The highest BCUT2D eigenvalue weighted by atomic mass is 35.6. The molecular formula is C42H66Cl3NO10. The SMILES string of the molecule is CC(=O)OC[C@H]1O[C@H](O[C@H]2CC[C@@]3(C)C(CC[C@H]4[C@@H]5CC[C@H]([C@H](C)CCCC(C)C)[C@@]5(C)CC[C@@H]43)C2)[C@H](NC(=O)OCC(Cl)(Cl)Cl)[C@@H](OC(C)=O)C1OC(C)=O. The number of alkyl carbamates (subject to hydrolysis) is 1. The number of carbonyl (C=O) groups excluding carboxylic acids is 4. The van der Waals surface area contributed by atoms with Gasteiger partial charge in [0.15, 0.2) is 18.5 Å². The molecule has 0 spiro atoms. The molecule has 0 aromatic carbocycles. The summed E-state index contributed by atoms with van der Waals surface area (Å²) in [5.74, 6) is 3.02. The molecule has 4 aliphatic carbocycles. The Morgan fingerprint density at radius 2 is 1.46 bits per heavy atom. The van der Waals surface area contributed by atoms with Gasteiger partial charge in [0.25, 0.3) is 0 Å². The maximum atomic E-state index is 13.1. The van der Waals surface area contributed by atoms with Crippen LogP contribution in [0.5, 0.6) is 0 Å². The predicted molar refractivity (Wildman–Crippen MR) is 213 cm³/mol. The number of alkyl halides is 3. The van der Waals surface area contributed by atoms with E-state index in [2.05, 4.69) is 39.9 Å². The highest BCUT2D eigenvalue weighted by molar-refractivity contribution is 6.67. The van der Waals surface area contributed by atoms with Crippen LogP contribution in [-0.2, 0) is 42.8 Å². The molecule has 1 aliphatic heterocycles. The number of fused-ring (bicyclic) bond motifs is 5. The summed E-state index contributed by atoms with van der Waals surface area (Å²) in [7, 11) is 0. The lowest BCUT2D eigenvalue weighted by molar-refractivity contribution is -0.293. The van der Waals surface area contributed by atoms with Gasteiger partial charge in [-0.25, -0.2) is 4.79 Å². The van der Waals surface area contributed by atoms with E-state index >= 15 is 0 Å². The summed E-state index contributed by atoms with van der Waals surface area (Å²) in [5.41, 5.74) is 0.614. The lowest BCUT2D eigenvalue weighted by Gasteiger charge is -2.61. The Morgan fingerprint density at radius 1 is 0.804 bits per heavy atom. The van der Waals surface area contributed by atoms with Gasteiger partial charge in [0.1, 0.15) is 25.4 Å². The Hall–Kier alpha value is -1.53. The first-order valence-electron chi connectivity index (χ1n) is 21.0. The summed E-state index contributed by atoms with van der Waals surface area (Å²) in [5, 5.41) is 2.67. The average Bonchev–Trinajstić information content (AvgIpc) is 3.45. The highest BCUT2D eigenvalue weighted by Crippen LogP contribution is 2.68. The zero-order valence-corrected chi connectivity index (χ0v) is 36.9. The zero-order valence-electron chi connectivity index (χ0n) is 34.6. The topological polar surface area (TPSA) is 136 Å². The van der Waals surface area contributed by atoms with Gasteiger partial charge in [-0.2, -0.15) is 0 Å². The van der Waals surface area contributed by atoms with E-state index in [1.165, 1.54) is 72.1 Å². The standard InChI is InChI=1S/C42H66Cl3NO10/c1-23(2)10-9-11-24(3)31-14-15-32-30-13-12-28-20-29(16-18-40(28,7)33(30)17-19-41(31,32)8)55-38-35(46-39(50)52-22-42(43,44)45)37(54-27(6)49)36(53-26(5)48)34(56-38)21-51-25(4)47/h23-24,28-38H,9-22H2,1-8H3,(H,46,50)/t24-,28?,29+,30+,31-,32+,33+,34-,35-,36?,37-,38+,40+,41-/m1/s1. The van der Waals surface area contributed by atoms with Gasteiger partial charge in [0.05, 0.1) is 6.10 Å². The van der Waals surface area contributed by atoms with Crippen molar-refractivity contribution in [2.45, 2.75) is 173 Å². The molecule has 0 aromatic rings. The molecule has 56 heavy (non-hydrogen) atoms. The van der Waals surface area contributed by atoms with Gasteiger partial charge in [0.2, 0.25) is 3.79 Å². The van der Waals surface area contributed by atoms with Crippen LogP contribution < -0.4 is 5.32 Å². The molecule has 0 aromatic heterocycles. The van der Waals surface area contributed by atoms with Crippen molar-refractivity contribution >= 4 is 58.8 Å². The van der Waals surface area contributed by atoms with Gasteiger partial charge in [-0.3, -0.25) is 14.4 Å². The Morgan fingerprint density at radius 3 is 2.11 bits per heavy atom. The number of rotatable bonds is 13. The van der Waals surface area contributed by atoms with Gasteiger partial charge in [-0.15, -0.1) is 0 Å². The van der Waals surface area contributed by atoms with E-state index in [1.807, 2.05) is 0 Å². The number of esters is 3. The van der Waals surface area contributed by atoms with Crippen molar-refractivity contribution in [1.29, 1.82) is 0 Å². The van der Waals surface area contributed by atoms with E-state index in [4.69, 9.17) is 63.2 Å². The molecule has 320 valence electrons. The zero-order chi connectivity index (χ0) is 41.2. The minimum absolute atomic E-state index is 0.190. The van der Waals surface area contributed by atoms with Crippen LogP contribution in [0, 0.1) is 52.3 Å². The van der Waals surface area contributed by atoms with E-state index in [9.17, 15) is 19.2 Å². The first-order chi connectivity index (χ1) is 26.2. The monoisotopic (exact) mass is 849 g/mol. The van der Waals surface area contributed by atoms with E-state index in [0.717, 1.165) is 55.3 Å². The fraction of sp³-hybridized carbons (Fsp3) is 0.905. The Kier molecular flexibility index (Phi) is 15.3. The van der Waals surface area contributed by atoms with Gasteiger partial charge >= 0.3 is 24.0 Å². The lowest BCUT2D eigenvalue weighted by Crippen LogP contribution is -2.67. The Bertz CT molecular complexity index is 1390. The molecule has 4 saturated carbocycles. The third kappa shape index (κ3) is 10.8. The third-order valence-electron chi connectivity index (χ3n) is 14.5. The van der Waals surface area contributed by atoms with Crippen LogP contribution in [0.3, 0.4) is 0 Å². The number of hydrogen-bond donors (Lipinski definition) is 1. The maximum Gasteiger partial charge on any atom is 0.407 e. The summed E-state index contributed by atoms with van der Waals surface area (Å²) >= 11 is 17.5. The van der Waals surface area contributed by atoms with Gasteiger partial charge in [0, 0.05) is 20.8 Å². The molecule has 0 radical (unpaired) electrons. The van der Waals surface area contributed by atoms with Crippen LogP contribution in [0.2, 0.25) is 0 Å². The predicted octanol–water partition coefficient (Wildman–Crippen LogP) is 9.11. The third-order valence-corrected chi connectivity index (χ3v) is 14.8. The Balaban J connectivity index is 1.32. The molecule has 0 bridgehead atoms. The van der Waals surface area contributed by atoms with Crippen LogP contribution in [0.1, 0.15) is 132 Å². The fourth-order valence-corrected chi connectivity index (χ4v) is 12.2. The van der Waals surface area contributed by atoms with Crippen molar-refractivity contribution < 1.29 is 47.6 Å². The molecule has 5 aliphatic rings. The van der Waals surface area contributed by atoms with E-state index in [1.54, 1.807) is 0 Å². The van der Waals surface area contributed by atoms with Crippen molar-refractivity contribution in [1.82, 2.24) is 5.32 Å². The molecule has 1 saturated heterocycles. The molecule has 5 fully saturated rings. The second-order valence-electron chi connectivity index (χ2n) is 18.6. The van der Waals surface area contributed by atoms with Crippen LogP contribution in [0.15, 0.2) is 0 Å². The summed E-state index contributed by atoms with van der Waals surface area (Å²) in [6.07, 6.45) is 8.15. The van der Waals surface area contributed by atoms with E-state index in [-0.39, 0.29) is 18.1 Å². The lowest BCUT2D eigenvalue weighted by atomic mass is 9.44. The fourth-order valence-electron chi connectivity index (χ4n) is 12.1. The van der Waals surface area contributed by atoms with Crippen LogP contribution in [-0.4, -0.2) is 77.8 Å². The highest BCUT2D eigenvalue weighted by Gasteiger charge is 2.61. The average molecular weight is 851 g/mol. The first kappa shape index (κ1) is 45.6. The molecule has 5 rings (SSSR count). The first-order valence-corrected chi connectivity index (χ1v) is 22.1. The summed E-state index contributed by atoms with van der Waals surface area (Å²) in [4.78, 5) is 49.8. The smallest absolute Gasteiger partial charge is 0.407 e. The second-order valence-corrected chi connectivity index (χ2v) is 21.1. The number of halogens is 3. The number of nitrogens with one attached hydrogen (secondary N) is 1. The van der Waals surface area contributed by atoms with Crippen LogP contribution in [0.25, 0.3) is 0 Å². The molecule has 1 amide bonds. The van der Waals surface area contributed by atoms with Gasteiger partial charge in [-0.05, 0) is 110 Å². The van der Waals surface area contributed by atoms with Crippen molar-refractivity contribution in [2.75, 3.05) is 13.2 Å². The van der Waals surface area contributed by atoms with Crippen LogP contribution >= 0.6 is 34.8 Å². The molecule has 14 atom stereocenters. The number of ether oxygens (including phenoxy) is 6. The van der Waals surface area contributed by atoms with Crippen molar-refractivity contribution in [3.05, 3.63) is 0 Å². The largest absolute Gasteiger partial charge is 0.463 e. The molecule has 2 unspecified atom stereocenters. The normalized spacial score (nSPS) is 38.7. The van der Waals surface area contributed by atoms with E-state index in [0.29, 0.717) is 17.3 Å². The quantitative estimate of drug-likeness (QED) is 0.0828. The molecular weight excluding hydrogens is 785 g/mol. The van der Waals surface area contributed by atoms with Crippen LogP contribution in [0.4, 0.5) is 4.79 Å². The van der Waals surface area contributed by atoms with E-state index < -0.39 is 65.0 Å². The second kappa shape index (κ2) is 18.8. The number of hydrogen-bond acceptors (Lipinski definition) is 10.